The van der Waals surface area contributed by atoms with Crippen molar-refractivity contribution in [2.75, 3.05) is 0 Å². The van der Waals surface area contributed by atoms with E-state index in [-0.39, 0.29) is 5.58 Å². The lowest BCUT2D eigenvalue weighted by atomic mass is 9.96. The highest BCUT2D eigenvalue weighted by Crippen LogP contribution is 2.46. The monoisotopic (exact) mass is 312 g/mol. The highest BCUT2D eigenvalue weighted by molar-refractivity contribution is 5.77. The molecule has 0 spiro atoms. The Morgan fingerprint density at radius 3 is 2.05 bits per heavy atom. The Morgan fingerprint density at radius 2 is 1.57 bits per heavy atom. The van der Waals surface area contributed by atoms with E-state index in [1.54, 1.807) is 17.6 Å². The highest BCUT2D eigenvalue weighted by Gasteiger charge is 2.61. The maximum atomic E-state index is 12.7. The van der Waals surface area contributed by atoms with Crippen LogP contribution in [-0.4, -0.2) is 12.4 Å². The standard InChI is InChI=1S/C12H10F6N2O/c13-11(14,15)10(12(16,17)18)9(20-19)8-5-6-3-1-2-4-7(6)21-8/h1-5,9-10,20H,19H2. The molecule has 1 unspecified atom stereocenters. The number of hydrogen-bond acceptors (Lipinski definition) is 3. The van der Waals surface area contributed by atoms with Crippen molar-refractivity contribution in [1.82, 2.24) is 5.43 Å². The lowest BCUT2D eigenvalue weighted by Gasteiger charge is -2.28. The lowest BCUT2D eigenvalue weighted by molar-refractivity contribution is -0.293. The summed E-state index contributed by atoms with van der Waals surface area (Å²) in [7, 11) is 0. The zero-order chi connectivity index (χ0) is 15.8. The van der Waals surface area contributed by atoms with Crippen molar-refractivity contribution in [3.8, 4) is 0 Å². The zero-order valence-electron chi connectivity index (χ0n) is 10.3. The summed E-state index contributed by atoms with van der Waals surface area (Å²) < 4.78 is 81.5. The summed E-state index contributed by atoms with van der Waals surface area (Å²) in [5.41, 5.74) is 1.74. The van der Waals surface area contributed by atoms with Crippen LogP contribution in [-0.2, 0) is 0 Å². The van der Waals surface area contributed by atoms with Crippen LogP contribution in [0.3, 0.4) is 0 Å². The molecule has 1 heterocycles. The Kier molecular flexibility index (Phi) is 3.89. The van der Waals surface area contributed by atoms with Crippen LogP contribution in [0, 0.1) is 5.92 Å². The quantitative estimate of drug-likeness (QED) is 0.516. The van der Waals surface area contributed by atoms with Gasteiger partial charge < -0.3 is 4.42 Å². The van der Waals surface area contributed by atoms with Crippen LogP contribution in [0.1, 0.15) is 11.8 Å². The SMILES string of the molecule is NNC(c1cc2ccccc2o1)C(C(F)(F)F)C(F)(F)F. The number of nitrogens with one attached hydrogen (secondary N) is 1. The van der Waals surface area contributed by atoms with Crippen molar-refractivity contribution in [3.05, 3.63) is 36.1 Å². The maximum Gasteiger partial charge on any atom is 0.402 e. The van der Waals surface area contributed by atoms with Crippen LogP contribution in [0.2, 0.25) is 0 Å². The third kappa shape index (κ3) is 3.13. The molecule has 2 aromatic rings. The average Bonchev–Trinajstić information content (AvgIpc) is 2.75. The van der Waals surface area contributed by atoms with Crippen molar-refractivity contribution < 1.29 is 30.8 Å². The van der Waals surface area contributed by atoms with Gasteiger partial charge in [0.25, 0.3) is 0 Å². The van der Waals surface area contributed by atoms with Gasteiger partial charge in [-0.3, -0.25) is 5.84 Å². The highest BCUT2D eigenvalue weighted by atomic mass is 19.4. The Balaban J connectivity index is 2.50. The summed E-state index contributed by atoms with van der Waals surface area (Å²) in [5, 5.41) is 0.385. The van der Waals surface area contributed by atoms with E-state index in [1.807, 2.05) is 0 Å². The number of nitrogens with two attached hydrogens (primary N) is 1. The minimum atomic E-state index is -5.52. The number of hydrogen-bond donors (Lipinski definition) is 2. The molecule has 116 valence electrons. The second kappa shape index (κ2) is 5.23. The maximum absolute atomic E-state index is 12.7. The molecule has 9 heteroatoms. The second-order valence-corrected chi connectivity index (χ2v) is 4.39. The van der Waals surface area contributed by atoms with Crippen LogP contribution >= 0.6 is 0 Å². The molecule has 1 atom stereocenters. The molecule has 0 amide bonds. The summed E-state index contributed by atoms with van der Waals surface area (Å²) in [4.78, 5) is 0. The Morgan fingerprint density at radius 1 is 1.00 bits per heavy atom. The molecule has 21 heavy (non-hydrogen) atoms. The smallest absolute Gasteiger partial charge is 0.402 e. The third-order valence-corrected chi connectivity index (χ3v) is 2.97. The summed E-state index contributed by atoms with van der Waals surface area (Å²) in [6.45, 7) is 0. The number of rotatable bonds is 3. The van der Waals surface area contributed by atoms with E-state index in [4.69, 9.17) is 10.3 Å². The molecule has 0 aliphatic carbocycles. The van der Waals surface area contributed by atoms with E-state index in [9.17, 15) is 26.3 Å². The van der Waals surface area contributed by atoms with Gasteiger partial charge in [-0.2, -0.15) is 26.3 Å². The third-order valence-electron chi connectivity index (χ3n) is 2.97. The van der Waals surface area contributed by atoms with Gasteiger partial charge in [-0.15, -0.1) is 0 Å². The van der Waals surface area contributed by atoms with Crippen molar-refractivity contribution in [1.29, 1.82) is 0 Å². The molecule has 3 nitrogen and oxygen atoms in total. The van der Waals surface area contributed by atoms with Gasteiger partial charge in [-0.25, -0.2) is 5.43 Å². The van der Waals surface area contributed by atoms with Crippen molar-refractivity contribution in [3.63, 3.8) is 0 Å². The normalized spacial score (nSPS) is 14.9. The van der Waals surface area contributed by atoms with Gasteiger partial charge >= 0.3 is 12.4 Å². The van der Waals surface area contributed by atoms with Crippen molar-refractivity contribution >= 4 is 11.0 Å². The van der Waals surface area contributed by atoms with Gasteiger partial charge in [0.15, 0.2) is 5.92 Å². The van der Waals surface area contributed by atoms with Crippen molar-refractivity contribution in [2.24, 2.45) is 11.8 Å². The number of alkyl halides is 6. The van der Waals surface area contributed by atoms with Gasteiger partial charge in [0.05, 0.1) is 6.04 Å². The van der Waals surface area contributed by atoms with Crippen LogP contribution in [0.25, 0.3) is 11.0 Å². The number of fused-ring (bicyclic) bond motifs is 1. The van der Waals surface area contributed by atoms with Crippen LogP contribution in [0.4, 0.5) is 26.3 Å². The molecule has 0 saturated carbocycles. The Labute approximate surface area is 114 Å². The van der Waals surface area contributed by atoms with Gasteiger partial charge in [0.2, 0.25) is 0 Å². The Hall–Kier alpha value is -1.74. The number of para-hydroxylation sites is 1. The van der Waals surface area contributed by atoms with E-state index in [2.05, 4.69) is 0 Å². The minimum absolute atomic E-state index is 0.177. The number of halogens is 6. The molecular weight excluding hydrogens is 302 g/mol. The molecular formula is C12H10F6N2O. The fourth-order valence-corrected chi connectivity index (χ4v) is 2.06. The lowest BCUT2D eigenvalue weighted by Crippen LogP contribution is -2.47. The largest absolute Gasteiger partial charge is 0.459 e. The van der Waals surface area contributed by atoms with Crippen LogP contribution in [0.15, 0.2) is 34.7 Å². The molecule has 0 bridgehead atoms. The molecule has 1 aromatic carbocycles. The summed E-state index contributed by atoms with van der Waals surface area (Å²) in [5.74, 6) is 0.711. The fourth-order valence-electron chi connectivity index (χ4n) is 2.06. The summed E-state index contributed by atoms with van der Waals surface area (Å²) in [6.07, 6.45) is -11.0. The molecule has 3 N–H and O–H groups in total. The van der Waals surface area contributed by atoms with Crippen LogP contribution < -0.4 is 11.3 Å². The summed E-state index contributed by atoms with van der Waals surface area (Å²) in [6, 6.07) is 4.90. The summed E-state index contributed by atoms with van der Waals surface area (Å²) >= 11 is 0. The predicted molar refractivity (Wildman–Crippen MR) is 61.9 cm³/mol. The minimum Gasteiger partial charge on any atom is -0.459 e. The van der Waals surface area contributed by atoms with Gasteiger partial charge in [-0.05, 0) is 12.1 Å². The molecule has 0 aliphatic heterocycles. The first-order chi connectivity index (χ1) is 9.64. The Bertz CT molecular complexity index is 571. The second-order valence-electron chi connectivity index (χ2n) is 4.39. The first kappa shape index (κ1) is 15.6. The number of benzene rings is 1. The van der Waals surface area contributed by atoms with E-state index in [1.165, 1.54) is 12.1 Å². The number of furan rings is 1. The van der Waals surface area contributed by atoms with E-state index < -0.39 is 30.1 Å². The van der Waals surface area contributed by atoms with Crippen LogP contribution in [0.5, 0.6) is 0 Å². The van der Waals surface area contributed by atoms with Gasteiger partial charge in [0.1, 0.15) is 11.3 Å². The van der Waals surface area contributed by atoms with Gasteiger partial charge in [-0.1, -0.05) is 18.2 Å². The van der Waals surface area contributed by atoms with Gasteiger partial charge in [0, 0.05) is 5.39 Å². The average molecular weight is 312 g/mol. The van der Waals surface area contributed by atoms with E-state index in [0.717, 1.165) is 6.07 Å². The topological polar surface area (TPSA) is 51.2 Å². The molecule has 0 saturated heterocycles. The zero-order valence-corrected chi connectivity index (χ0v) is 10.3. The molecule has 2 rings (SSSR count). The first-order valence-electron chi connectivity index (χ1n) is 5.72. The van der Waals surface area contributed by atoms with E-state index >= 15 is 0 Å². The molecule has 0 aliphatic rings. The first-order valence-corrected chi connectivity index (χ1v) is 5.72. The predicted octanol–water partition coefficient (Wildman–Crippen LogP) is 3.68. The molecule has 0 fully saturated rings. The molecule has 1 aromatic heterocycles. The number of hydrazine groups is 1. The van der Waals surface area contributed by atoms with Crippen molar-refractivity contribution in [2.45, 2.75) is 18.4 Å². The van der Waals surface area contributed by atoms with E-state index in [0.29, 0.717) is 5.39 Å². The molecule has 0 radical (unpaired) electrons. The fraction of sp³-hybridized carbons (Fsp3) is 0.333.